The molecule has 2 rings (SSSR count). The zero-order chi connectivity index (χ0) is 42.4. The van der Waals surface area contributed by atoms with Gasteiger partial charge in [0.05, 0.1) is 26.4 Å². The number of ether oxygens (including phenoxy) is 6. The number of aliphatic hydroxyl groups excluding tert-OH is 7. The van der Waals surface area contributed by atoms with Crippen molar-refractivity contribution in [2.24, 2.45) is 0 Å². The molecule has 0 radical (unpaired) electrons. The van der Waals surface area contributed by atoms with Crippen LogP contribution in [-0.2, 0) is 33.2 Å². The molecule has 0 amide bonds. The van der Waals surface area contributed by atoms with Crippen molar-refractivity contribution in [2.75, 3.05) is 33.0 Å². The van der Waals surface area contributed by atoms with Gasteiger partial charge in [-0.05, 0) is 64.2 Å². The SMILES string of the molecule is CC/C=C\C/C=C\C/C=C\CCCCCC(=O)OC(COCCCCCCCC/C=C\CCC)COC1OC(COC2OC(CO)C(O)C(O)C2O)C(O)C(O)C1O. The number of rotatable bonds is 32. The van der Waals surface area contributed by atoms with Crippen molar-refractivity contribution in [3.63, 3.8) is 0 Å². The average molecular weight is 829 g/mol. The summed E-state index contributed by atoms with van der Waals surface area (Å²) in [4.78, 5) is 12.9. The molecule has 11 unspecified atom stereocenters. The van der Waals surface area contributed by atoms with Gasteiger partial charge in [0.25, 0.3) is 0 Å². The number of hydrogen-bond acceptors (Lipinski definition) is 14. The van der Waals surface area contributed by atoms with Gasteiger partial charge in [-0.2, -0.15) is 0 Å². The van der Waals surface area contributed by atoms with E-state index < -0.39 is 86.7 Å². The van der Waals surface area contributed by atoms with Gasteiger partial charge in [-0.15, -0.1) is 0 Å². The number of carbonyl (C=O) groups excluding carboxylic acids is 1. The van der Waals surface area contributed by atoms with Crippen LogP contribution < -0.4 is 0 Å². The van der Waals surface area contributed by atoms with E-state index in [0.29, 0.717) is 13.0 Å². The lowest BCUT2D eigenvalue weighted by molar-refractivity contribution is -0.332. The highest BCUT2D eigenvalue weighted by molar-refractivity contribution is 5.69. The highest BCUT2D eigenvalue weighted by atomic mass is 16.7. The lowest BCUT2D eigenvalue weighted by Crippen LogP contribution is -2.61. The second-order valence-electron chi connectivity index (χ2n) is 15.1. The molecule has 2 aliphatic rings. The molecule has 14 nitrogen and oxygen atoms in total. The summed E-state index contributed by atoms with van der Waals surface area (Å²) in [7, 11) is 0. The standard InChI is InChI=1S/C44H76O14/c1-3-5-7-9-11-13-15-16-17-19-21-23-25-27-36(46)56-33(30-53-28-26-24-22-20-18-14-12-10-8-6-4-2)31-54-43-42(52)40(50)38(48)35(58-43)32-55-44-41(51)39(49)37(47)34(29-45)57-44/h5,7-8,10-11,13,16-17,33-35,37-45,47-52H,3-4,6,9,12,14-15,18-32H2,1-2H3/b7-5-,10-8-,13-11-,17-16-. The number of carbonyl (C=O) groups is 1. The first-order chi connectivity index (χ1) is 28.1. The Morgan fingerprint density at radius 2 is 1.12 bits per heavy atom. The summed E-state index contributed by atoms with van der Waals surface area (Å²) in [6, 6.07) is 0. The zero-order valence-corrected chi connectivity index (χ0v) is 35.0. The average Bonchev–Trinajstić information content (AvgIpc) is 3.22. The summed E-state index contributed by atoms with van der Waals surface area (Å²) in [5.41, 5.74) is 0. The van der Waals surface area contributed by atoms with Crippen molar-refractivity contribution in [1.82, 2.24) is 0 Å². The zero-order valence-electron chi connectivity index (χ0n) is 35.0. The van der Waals surface area contributed by atoms with Gasteiger partial charge in [0, 0.05) is 13.0 Å². The molecule has 2 saturated heterocycles. The Kier molecular flexibility index (Phi) is 29.4. The molecule has 0 spiro atoms. The maximum atomic E-state index is 12.9. The molecule has 0 saturated carbocycles. The van der Waals surface area contributed by atoms with Crippen molar-refractivity contribution in [1.29, 1.82) is 0 Å². The molecule has 0 aliphatic carbocycles. The fraction of sp³-hybridized carbons (Fsp3) is 0.795. The first-order valence-corrected chi connectivity index (χ1v) is 21.7. The topological polar surface area (TPSA) is 214 Å². The van der Waals surface area contributed by atoms with E-state index in [1.54, 1.807) is 0 Å². The minimum absolute atomic E-state index is 0.0433. The van der Waals surface area contributed by atoms with Gasteiger partial charge in [-0.3, -0.25) is 4.79 Å². The Morgan fingerprint density at radius 1 is 0.586 bits per heavy atom. The van der Waals surface area contributed by atoms with Gasteiger partial charge in [0.1, 0.15) is 54.9 Å². The maximum absolute atomic E-state index is 12.9. The molecule has 0 aromatic rings. The number of unbranched alkanes of at least 4 members (excludes halogenated alkanes) is 10. The van der Waals surface area contributed by atoms with E-state index >= 15 is 0 Å². The molecular weight excluding hydrogens is 752 g/mol. The largest absolute Gasteiger partial charge is 0.457 e. The quantitative estimate of drug-likeness (QED) is 0.0284. The molecule has 14 heteroatoms. The predicted molar refractivity (Wildman–Crippen MR) is 219 cm³/mol. The summed E-state index contributed by atoms with van der Waals surface area (Å²) in [6.45, 7) is 3.42. The Labute approximate surface area is 346 Å². The molecule has 2 heterocycles. The summed E-state index contributed by atoms with van der Waals surface area (Å²) in [6.07, 6.45) is 17.6. The van der Waals surface area contributed by atoms with Crippen LogP contribution in [0, 0.1) is 0 Å². The first-order valence-electron chi connectivity index (χ1n) is 21.7. The van der Waals surface area contributed by atoms with Crippen molar-refractivity contribution in [3.8, 4) is 0 Å². The van der Waals surface area contributed by atoms with Crippen LogP contribution >= 0.6 is 0 Å². The van der Waals surface area contributed by atoms with Crippen LogP contribution in [0.15, 0.2) is 48.6 Å². The minimum Gasteiger partial charge on any atom is -0.457 e. The molecule has 336 valence electrons. The fourth-order valence-corrected chi connectivity index (χ4v) is 6.48. The Balaban J connectivity index is 1.85. The number of esters is 1. The van der Waals surface area contributed by atoms with Crippen LogP contribution in [0.5, 0.6) is 0 Å². The Bertz CT molecular complexity index is 1150. The molecule has 2 aliphatic heterocycles. The van der Waals surface area contributed by atoms with Crippen LogP contribution in [0.25, 0.3) is 0 Å². The highest BCUT2D eigenvalue weighted by Crippen LogP contribution is 2.26. The van der Waals surface area contributed by atoms with E-state index in [2.05, 4.69) is 62.5 Å². The normalized spacial score (nSPS) is 28.7. The van der Waals surface area contributed by atoms with Gasteiger partial charge in [0.15, 0.2) is 12.6 Å². The van der Waals surface area contributed by atoms with Crippen LogP contribution in [0.1, 0.15) is 123 Å². The minimum atomic E-state index is -1.71. The smallest absolute Gasteiger partial charge is 0.306 e. The third-order valence-corrected chi connectivity index (χ3v) is 10.1. The van der Waals surface area contributed by atoms with Crippen LogP contribution in [0.2, 0.25) is 0 Å². The third-order valence-electron chi connectivity index (χ3n) is 10.1. The van der Waals surface area contributed by atoms with E-state index in [4.69, 9.17) is 28.4 Å². The van der Waals surface area contributed by atoms with Gasteiger partial charge < -0.3 is 64.2 Å². The van der Waals surface area contributed by atoms with Gasteiger partial charge >= 0.3 is 5.97 Å². The van der Waals surface area contributed by atoms with Crippen LogP contribution in [-0.4, -0.2) is 142 Å². The Hall–Kier alpha value is -2.05. The molecule has 58 heavy (non-hydrogen) atoms. The van der Waals surface area contributed by atoms with E-state index in [0.717, 1.165) is 70.6 Å². The third kappa shape index (κ3) is 21.5. The van der Waals surface area contributed by atoms with Crippen LogP contribution in [0.3, 0.4) is 0 Å². The number of allylic oxidation sites excluding steroid dienone is 8. The highest BCUT2D eigenvalue weighted by Gasteiger charge is 2.47. The van der Waals surface area contributed by atoms with Gasteiger partial charge in [-0.25, -0.2) is 0 Å². The summed E-state index contributed by atoms with van der Waals surface area (Å²) in [5.74, 6) is -0.411. The molecule has 2 fully saturated rings. The molecular formula is C44H76O14. The van der Waals surface area contributed by atoms with E-state index in [-0.39, 0.29) is 19.6 Å². The van der Waals surface area contributed by atoms with Crippen LogP contribution in [0.4, 0.5) is 0 Å². The molecule has 11 atom stereocenters. The van der Waals surface area contributed by atoms with Crippen molar-refractivity contribution >= 4 is 5.97 Å². The molecule has 7 N–H and O–H groups in total. The van der Waals surface area contributed by atoms with E-state index in [1.165, 1.54) is 25.7 Å². The second-order valence-corrected chi connectivity index (χ2v) is 15.1. The molecule has 0 bridgehead atoms. The monoisotopic (exact) mass is 829 g/mol. The first kappa shape index (κ1) is 52.1. The van der Waals surface area contributed by atoms with E-state index in [9.17, 15) is 40.5 Å². The molecule has 0 aromatic heterocycles. The van der Waals surface area contributed by atoms with Crippen molar-refractivity contribution in [3.05, 3.63) is 48.6 Å². The lowest BCUT2D eigenvalue weighted by Gasteiger charge is -2.42. The Morgan fingerprint density at radius 3 is 1.78 bits per heavy atom. The van der Waals surface area contributed by atoms with Gasteiger partial charge in [0.2, 0.25) is 0 Å². The number of hydrogen-bond donors (Lipinski definition) is 7. The maximum Gasteiger partial charge on any atom is 0.306 e. The van der Waals surface area contributed by atoms with E-state index in [1.807, 2.05) is 0 Å². The van der Waals surface area contributed by atoms with Crippen molar-refractivity contribution < 1.29 is 69.0 Å². The number of aliphatic hydroxyl groups is 7. The summed E-state index contributed by atoms with van der Waals surface area (Å²) in [5, 5.41) is 71.8. The summed E-state index contributed by atoms with van der Waals surface area (Å²) < 4.78 is 34.0. The van der Waals surface area contributed by atoms with Gasteiger partial charge in [-0.1, -0.05) is 101 Å². The van der Waals surface area contributed by atoms with Crippen molar-refractivity contribution in [2.45, 2.75) is 191 Å². The second kappa shape index (κ2) is 32.7. The summed E-state index contributed by atoms with van der Waals surface area (Å²) >= 11 is 0. The predicted octanol–water partition coefficient (Wildman–Crippen LogP) is 4.45. The lowest BCUT2D eigenvalue weighted by atomic mass is 9.98. The molecule has 0 aromatic carbocycles. The fourth-order valence-electron chi connectivity index (χ4n) is 6.48.